The molecule has 1 aromatic carbocycles. The summed E-state index contributed by atoms with van der Waals surface area (Å²) in [6.45, 7) is 2.90. The molecule has 0 saturated carbocycles. The van der Waals surface area contributed by atoms with Crippen LogP contribution in [0.5, 0.6) is 5.75 Å². The van der Waals surface area contributed by atoms with Gasteiger partial charge in [0.1, 0.15) is 5.69 Å². The van der Waals surface area contributed by atoms with Crippen LogP contribution in [0.2, 0.25) is 5.02 Å². The predicted octanol–water partition coefficient (Wildman–Crippen LogP) is 3.77. The number of aromatic nitrogens is 2. The van der Waals surface area contributed by atoms with Gasteiger partial charge in [-0.05, 0) is 30.2 Å². The van der Waals surface area contributed by atoms with Crippen molar-refractivity contribution in [2.24, 2.45) is 5.73 Å². The smallest absolute Gasteiger partial charge is 0.161 e. The first-order valence-corrected chi connectivity index (χ1v) is 7.55. The molecule has 0 aliphatic rings. The first-order valence-electron chi connectivity index (χ1n) is 6.38. The predicted molar refractivity (Wildman–Crippen MR) is 84.3 cm³/mol. The van der Waals surface area contributed by atoms with Crippen molar-refractivity contribution in [2.45, 2.75) is 25.9 Å². The zero-order chi connectivity index (χ0) is 14.7. The van der Waals surface area contributed by atoms with Crippen molar-refractivity contribution in [3.05, 3.63) is 45.1 Å². The van der Waals surface area contributed by atoms with Crippen LogP contribution >= 0.6 is 27.5 Å². The zero-order valence-corrected chi connectivity index (χ0v) is 13.8. The summed E-state index contributed by atoms with van der Waals surface area (Å²) in [5.41, 5.74) is 8.17. The number of benzene rings is 1. The zero-order valence-electron chi connectivity index (χ0n) is 11.4. The summed E-state index contributed by atoms with van der Waals surface area (Å²) in [6, 6.07) is 5.31. The molecule has 0 fully saturated rings. The third-order valence-corrected chi connectivity index (χ3v) is 3.71. The summed E-state index contributed by atoms with van der Waals surface area (Å²) >= 11 is 9.53. The maximum absolute atomic E-state index is 6.39. The van der Waals surface area contributed by atoms with Crippen LogP contribution in [0.1, 0.15) is 30.6 Å². The summed E-state index contributed by atoms with van der Waals surface area (Å²) in [5.74, 6) is 0.696. The second-order valence-corrected chi connectivity index (χ2v) is 5.85. The molecule has 0 aliphatic carbocycles. The lowest BCUT2D eigenvalue weighted by atomic mass is 10.0. The van der Waals surface area contributed by atoms with Crippen LogP contribution < -0.4 is 10.5 Å². The van der Waals surface area contributed by atoms with Crippen molar-refractivity contribution in [3.8, 4) is 5.75 Å². The van der Waals surface area contributed by atoms with Gasteiger partial charge >= 0.3 is 0 Å². The standard InChI is InChI=1S/C14H17BrClN3O/c1-3-4-19-14(12(20-2)8-18-19)13(17)9-5-10(15)7-11(16)6-9/h5-8,13H,3-4,17H2,1-2H3. The van der Waals surface area contributed by atoms with E-state index in [-0.39, 0.29) is 6.04 Å². The number of rotatable bonds is 5. The van der Waals surface area contributed by atoms with Crippen LogP contribution in [0.15, 0.2) is 28.9 Å². The first kappa shape index (κ1) is 15.4. The maximum atomic E-state index is 6.39. The highest BCUT2D eigenvalue weighted by atomic mass is 79.9. The van der Waals surface area contributed by atoms with Crippen LogP contribution in [0.3, 0.4) is 0 Å². The van der Waals surface area contributed by atoms with Gasteiger partial charge in [0.2, 0.25) is 0 Å². The van der Waals surface area contributed by atoms with E-state index in [1.807, 2.05) is 22.9 Å². The van der Waals surface area contributed by atoms with Gasteiger partial charge in [-0.25, -0.2) is 0 Å². The average molecular weight is 359 g/mol. The molecule has 0 bridgehead atoms. The largest absolute Gasteiger partial charge is 0.493 e. The van der Waals surface area contributed by atoms with E-state index in [0.29, 0.717) is 10.8 Å². The number of halogens is 2. The number of methoxy groups -OCH3 is 1. The van der Waals surface area contributed by atoms with E-state index in [1.165, 1.54) is 0 Å². The molecule has 2 N–H and O–H groups in total. The molecule has 1 atom stereocenters. The Labute approximate surface area is 132 Å². The van der Waals surface area contributed by atoms with E-state index in [4.69, 9.17) is 22.1 Å². The Morgan fingerprint density at radius 2 is 2.20 bits per heavy atom. The van der Waals surface area contributed by atoms with Gasteiger partial charge in [0.25, 0.3) is 0 Å². The molecule has 6 heteroatoms. The SMILES string of the molecule is CCCn1ncc(OC)c1C(N)c1cc(Cl)cc(Br)c1. The molecule has 1 unspecified atom stereocenters. The first-order chi connectivity index (χ1) is 9.56. The average Bonchev–Trinajstić information content (AvgIpc) is 2.80. The molecular weight excluding hydrogens is 342 g/mol. The van der Waals surface area contributed by atoms with Crippen LogP contribution in [0.4, 0.5) is 0 Å². The summed E-state index contributed by atoms with van der Waals surface area (Å²) in [5, 5.41) is 4.98. The molecule has 2 rings (SSSR count). The number of hydrogen-bond donors (Lipinski definition) is 1. The van der Waals surface area contributed by atoms with E-state index in [2.05, 4.69) is 28.0 Å². The number of hydrogen-bond acceptors (Lipinski definition) is 3. The van der Waals surface area contributed by atoms with Crippen molar-refractivity contribution in [3.63, 3.8) is 0 Å². The van der Waals surface area contributed by atoms with Crippen LogP contribution in [0, 0.1) is 0 Å². The molecule has 0 saturated heterocycles. The fraction of sp³-hybridized carbons (Fsp3) is 0.357. The molecule has 4 nitrogen and oxygen atoms in total. The third kappa shape index (κ3) is 3.16. The Morgan fingerprint density at radius 1 is 1.45 bits per heavy atom. The highest BCUT2D eigenvalue weighted by molar-refractivity contribution is 9.10. The Balaban J connectivity index is 2.45. The monoisotopic (exact) mass is 357 g/mol. The Hall–Kier alpha value is -1.04. The summed E-state index contributed by atoms with van der Waals surface area (Å²) in [7, 11) is 1.62. The van der Waals surface area contributed by atoms with Gasteiger partial charge in [0.15, 0.2) is 5.75 Å². The number of nitrogens with two attached hydrogens (primary N) is 1. The lowest BCUT2D eigenvalue weighted by molar-refractivity contribution is 0.404. The fourth-order valence-electron chi connectivity index (χ4n) is 2.15. The second-order valence-electron chi connectivity index (χ2n) is 4.50. The number of ether oxygens (including phenoxy) is 1. The van der Waals surface area contributed by atoms with E-state index in [0.717, 1.165) is 28.7 Å². The van der Waals surface area contributed by atoms with E-state index in [1.54, 1.807) is 13.3 Å². The molecular formula is C14H17BrClN3O. The summed E-state index contributed by atoms with van der Waals surface area (Å²) < 4.78 is 8.15. The molecule has 0 spiro atoms. The van der Waals surface area contributed by atoms with Crippen LogP contribution in [0.25, 0.3) is 0 Å². The molecule has 0 radical (unpaired) electrons. The van der Waals surface area contributed by atoms with E-state index in [9.17, 15) is 0 Å². The topological polar surface area (TPSA) is 53.1 Å². The maximum Gasteiger partial charge on any atom is 0.161 e. The van der Waals surface area contributed by atoms with Gasteiger partial charge in [-0.3, -0.25) is 4.68 Å². The quantitative estimate of drug-likeness (QED) is 0.885. The van der Waals surface area contributed by atoms with Crippen LogP contribution in [-0.4, -0.2) is 16.9 Å². The van der Waals surface area contributed by atoms with Gasteiger partial charge in [0.05, 0.1) is 19.3 Å². The lowest BCUT2D eigenvalue weighted by Gasteiger charge is -2.16. The van der Waals surface area contributed by atoms with Crippen molar-refractivity contribution in [1.29, 1.82) is 0 Å². The van der Waals surface area contributed by atoms with Gasteiger partial charge < -0.3 is 10.5 Å². The highest BCUT2D eigenvalue weighted by Gasteiger charge is 2.20. The van der Waals surface area contributed by atoms with E-state index < -0.39 is 0 Å². The normalized spacial score (nSPS) is 12.4. The molecule has 108 valence electrons. The second kappa shape index (κ2) is 6.61. The Bertz CT molecular complexity index is 580. The van der Waals surface area contributed by atoms with Crippen molar-refractivity contribution < 1.29 is 4.74 Å². The van der Waals surface area contributed by atoms with Gasteiger partial charge in [-0.15, -0.1) is 0 Å². The fourth-order valence-corrected chi connectivity index (χ4v) is 3.04. The molecule has 0 aliphatic heterocycles. The third-order valence-electron chi connectivity index (χ3n) is 3.04. The number of aryl methyl sites for hydroxylation is 1. The minimum atomic E-state index is -0.339. The minimum absolute atomic E-state index is 0.339. The molecule has 1 heterocycles. The van der Waals surface area contributed by atoms with Crippen molar-refractivity contribution >= 4 is 27.5 Å². The van der Waals surface area contributed by atoms with Gasteiger partial charge in [-0.2, -0.15) is 5.10 Å². The van der Waals surface area contributed by atoms with E-state index >= 15 is 0 Å². The van der Waals surface area contributed by atoms with Crippen molar-refractivity contribution in [2.75, 3.05) is 7.11 Å². The Morgan fingerprint density at radius 3 is 2.80 bits per heavy atom. The number of nitrogens with zero attached hydrogens (tertiary/aromatic N) is 2. The van der Waals surface area contributed by atoms with Gasteiger partial charge in [0, 0.05) is 16.0 Å². The van der Waals surface area contributed by atoms with Crippen LogP contribution in [-0.2, 0) is 6.54 Å². The summed E-state index contributed by atoms with van der Waals surface area (Å²) in [6.07, 6.45) is 2.67. The minimum Gasteiger partial charge on any atom is -0.493 e. The Kier molecular flexibility index (Phi) is 5.07. The van der Waals surface area contributed by atoms with Gasteiger partial charge in [-0.1, -0.05) is 34.5 Å². The molecule has 0 amide bonds. The molecule has 20 heavy (non-hydrogen) atoms. The van der Waals surface area contributed by atoms with Crippen molar-refractivity contribution in [1.82, 2.24) is 9.78 Å². The molecule has 1 aromatic heterocycles. The molecule has 2 aromatic rings. The summed E-state index contributed by atoms with van der Waals surface area (Å²) in [4.78, 5) is 0. The highest BCUT2D eigenvalue weighted by Crippen LogP contribution is 2.31. The lowest BCUT2D eigenvalue weighted by Crippen LogP contribution is -2.18.